The van der Waals surface area contributed by atoms with Crippen LogP contribution in [-0.4, -0.2) is 96.4 Å². The van der Waals surface area contributed by atoms with Crippen LogP contribution < -0.4 is 0 Å². The number of aliphatic hydroxyl groups is 2. The Morgan fingerprint density at radius 3 is 2.35 bits per heavy atom. The number of hydrogen-bond acceptors (Lipinski definition) is 5. The topological polar surface area (TPSA) is 67.3 Å². The van der Waals surface area contributed by atoms with Crippen molar-refractivity contribution in [2.75, 3.05) is 59.5 Å². The minimum atomic E-state index is 0.180. The van der Waals surface area contributed by atoms with E-state index in [0.717, 1.165) is 58.3 Å². The van der Waals surface area contributed by atoms with Gasteiger partial charge in [0.05, 0.1) is 13.2 Å². The van der Waals surface area contributed by atoms with Gasteiger partial charge in [-0.1, -0.05) is 6.92 Å². The number of aliphatic hydroxyl groups excluding tert-OH is 2. The Hall–Kier alpha value is -0.690. The van der Waals surface area contributed by atoms with E-state index >= 15 is 0 Å². The average Bonchev–Trinajstić information content (AvgIpc) is 2.55. The number of rotatable bonds is 11. The number of unbranched alkanes of at least 4 members (excludes halogenated alkanes) is 1. The van der Waals surface area contributed by atoms with Gasteiger partial charge in [-0.25, -0.2) is 0 Å². The van der Waals surface area contributed by atoms with E-state index in [4.69, 9.17) is 5.11 Å². The molecule has 1 amide bonds. The van der Waals surface area contributed by atoms with Crippen molar-refractivity contribution in [1.82, 2.24) is 14.7 Å². The zero-order chi connectivity index (χ0) is 17.1. The van der Waals surface area contributed by atoms with Crippen LogP contribution in [0.4, 0.5) is 0 Å². The van der Waals surface area contributed by atoms with Crippen molar-refractivity contribution in [3.63, 3.8) is 0 Å². The third-order valence-electron chi connectivity index (χ3n) is 4.66. The highest BCUT2D eigenvalue weighted by Gasteiger charge is 2.25. The Labute approximate surface area is 141 Å². The number of likely N-dealkylation sites (tertiary alicyclic amines) is 1. The summed E-state index contributed by atoms with van der Waals surface area (Å²) in [6.07, 6.45) is 4.87. The van der Waals surface area contributed by atoms with Gasteiger partial charge in [-0.05, 0) is 38.6 Å². The quantitative estimate of drug-likeness (QED) is 0.537. The van der Waals surface area contributed by atoms with E-state index in [1.165, 1.54) is 0 Å². The van der Waals surface area contributed by atoms with Gasteiger partial charge in [-0.2, -0.15) is 0 Å². The molecule has 1 rings (SSSR count). The molecule has 1 aliphatic rings. The van der Waals surface area contributed by atoms with E-state index < -0.39 is 0 Å². The number of piperidine rings is 1. The fourth-order valence-electron chi connectivity index (χ4n) is 3.25. The monoisotopic (exact) mass is 329 g/mol. The molecule has 0 unspecified atom stereocenters. The molecule has 0 aromatic carbocycles. The fraction of sp³-hybridized carbons (Fsp3) is 0.941. The predicted octanol–water partition coefficient (Wildman–Crippen LogP) is 0.386. The smallest absolute Gasteiger partial charge is 0.236 e. The Balaban J connectivity index is 2.35. The number of amides is 1. The molecule has 0 aliphatic carbocycles. The summed E-state index contributed by atoms with van der Waals surface area (Å²) >= 11 is 0. The highest BCUT2D eigenvalue weighted by molar-refractivity contribution is 5.77. The lowest BCUT2D eigenvalue weighted by Crippen LogP contribution is -2.48. The van der Waals surface area contributed by atoms with Crippen molar-refractivity contribution >= 4 is 5.91 Å². The summed E-state index contributed by atoms with van der Waals surface area (Å²) < 4.78 is 0. The van der Waals surface area contributed by atoms with Gasteiger partial charge in [0.1, 0.15) is 0 Å². The minimum Gasteiger partial charge on any atom is -0.396 e. The molecule has 0 aromatic rings. The van der Waals surface area contributed by atoms with E-state index in [1.54, 1.807) is 0 Å². The van der Waals surface area contributed by atoms with Crippen molar-refractivity contribution in [3.8, 4) is 0 Å². The molecule has 136 valence electrons. The zero-order valence-corrected chi connectivity index (χ0v) is 14.9. The number of carbonyl (C=O) groups is 1. The maximum Gasteiger partial charge on any atom is 0.236 e. The highest BCUT2D eigenvalue weighted by atomic mass is 16.3. The van der Waals surface area contributed by atoms with E-state index in [2.05, 4.69) is 16.7 Å². The van der Waals surface area contributed by atoms with Crippen molar-refractivity contribution in [2.45, 2.75) is 45.1 Å². The third-order valence-corrected chi connectivity index (χ3v) is 4.66. The van der Waals surface area contributed by atoms with Gasteiger partial charge >= 0.3 is 0 Å². The SMILES string of the molecule is CCCN(C)C(=O)CN1CCC(N(CCO)CCCCO)CC1. The van der Waals surface area contributed by atoms with E-state index in [1.807, 2.05) is 11.9 Å². The first-order chi connectivity index (χ1) is 11.1. The molecule has 1 aliphatic heterocycles. The average molecular weight is 329 g/mol. The Morgan fingerprint density at radius 2 is 1.78 bits per heavy atom. The largest absolute Gasteiger partial charge is 0.396 e. The first-order valence-electron chi connectivity index (χ1n) is 9.04. The minimum absolute atomic E-state index is 0.180. The standard InChI is InChI=1S/C17H35N3O3/c1-3-8-18(2)17(23)15-19-10-6-16(7-11-19)20(12-14-22)9-4-5-13-21/h16,21-22H,3-15H2,1-2H3. The predicted molar refractivity (Wildman–Crippen MR) is 92.4 cm³/mol. The summed E-state index contributed by atoms with van der Waals surface area (Å²) in [5.74, 6) is 0.209. The molecule has 0 bridgehead atoms. The lowest BCUT2D eigenvalue weighted by molar-refractivity contribution is -0.131. The van der Waals surface area contributed by atoms with Crippen LogP contribution in [0, 0.1) is 0 Å². The molecule has 0 aromatic heterocycles. The molecular weight excluding hydrogens is 294 g/mol. The van der Waals surface area contributed by atoms with E-state index in [9.17, 15) is 9.90 Å². The second kappa shape index (κ2) is 11.8. The number of likely N-dealkylation sites (N-methyl/N-ethyl adjacent to an activating group) is 1. The molecule has 23 heavy (non-hydrogen) atoms. The number of nitrogens with zero attached hydrogens (tertiary/aromatic N) is 3. The number of carbonyl (C=O) groups excluding carboxylic acids is 1. The van der Waals surface area contributed by atoms with Gasteiger partial charge < -0.3 is 15.1 Å². The zero-order valence-electron chi connectivity index (χ0n) is 14.9. The summed E-state index contributed by atoms with van der Waals surface area (Å²) in [5.41, 5.74) is 0. The maximum atomic E-state index is 12.1. The van der Waals surface area contributed by atoms with Crippen LogP contribution in [0.5, 0.6) is 0 Å². The number of hydrogen-bond donors (Lipinski definition) is 2. The first kappa shape index (κ1) is 20.4. The van der Waals surface area contributed by atoms with Crippen LogP contribution in [0.2, 0.25) is 0 Å². The van der Waals surface area contributed by atoms with Gasteiger partial charge in [0.25, 0.3) is 0 Å². The van der Waals surface area contributed by atoms with Crippen LogP contribution in [0.1, 0.15) is 39.0 Å². The maximum absolute atomic E-state index is 12.1. The molecule has 2 N–H and O–H groups in total. The molecule has 0 spiro atoms. The van der Waals surface area contributed by atoms with Gasteiger partial charge in [0.2, 0.25) is 5.91 Å². The van der Waals surface area contributed by atoms with Crippen molar-refractivity contribution in [2.24, 2.45) is 0 Å². The molecule has 1 saturated heterocycles. The Bertz CT molecular complexity index is 320. The lowest BCUT2D eigenvalue weighted by Gasteiger charge is -2.38. The van der Waals surface area contributed by atoms with E-state index in [0.29, 0.717) is 19.1 Å². The van der Waals surface area contributed by atoms with Crippen LogP contribution in [0.25, 0.3) is 0 Å². The van der Waals surface area contributed by atoms with Gasteiger partial charge in [-0.3, -0.25) is 14.6 Å². The molecule has 0 saturated carbocycles. The highest BCUT2D eigenvalue weighted by Crippen LogP contribution is 2.17. The third kappa shape index (κ3) is 7.61. The summed E-state index contributed by atoms with van der Waals surface area (Å²) in [6, 6.07) is 0.487. The molecule has 6 heteroatoms. The van der Waals surface area contributed by atoms with Crippen LogP contribution >= 0.6 is 0 Å². The molecule has 0 radical (unpaired) electrons. The fourth-order valence-corrected chi connectivity index (χ4v) is 3.25. The second-order valence-electron chi connectivity index (χ2n) is 6.51. The van der Waals surface area contributed by atoms with Crippen molar-refractivity contribution in [1.29, 1.82) is 0 Å². The van der Waals surface area contributed by atoms with Crippen molar-refractivity contribution in [3.05, 3.63) is 0 Å². The van der Waals surface area contributed by atoms with Crippen LogP contribution in [0.3, 0.4) is 0 Å². The lowest BCUT2D eigenvalue weighted by atomic mass is 10.0. The summed E-state index contributed by atoms with van der Waals surface area (Å²) in [5, 5.41) is 18.2. The Morgan fingerprint density at radius 1 is 1.09 bits per heavy atom. The van der Waals surface area contributed by atoms with Crippen molar-refractivity contribution < 1.29 is 15.0 Å². The summed E-state index contributed by atoms with van der Waals surface area (Å²) in [7, 11) is 1.88. The second-order valence-corrected chi connectivity index (χ2v) is 6.51. The van der Waals surface area contributed by atoms with Crippen LogP contribution in [-0.2, 0) is 4.79 Å². The summed E-state index contributed by atoms with van der Waals surface area (Å²) in [4.78, 5) is 18.5. The van der Waals surface area contributed by atoms with E-state index in [-0.39, 0.29) is 19.1 Å². The van der Waals surface area contributed by atoms with Gasteiger partial charge in [0.15, 0.2) is 0 Å². The van der Waals surface area contributed by atoms with Crippen LogP contribution in [0.15, 0.2) is 0 Å². The molecular formula is C17H35N3O3. The normalized spacial score (nSPS) is 16.9. The molecule has 1 fully saturated rings. The first-order valence-corrected chi connectivity index (χ1v) is 9.04. The van der Waals surface area contributed by atoms with Gasteiger partial charge in [-0.15, -0.1) is 0 Å². The molecule has 6 nitrogen and oxygen atoms in total. The molecule has 1 heterocycles. The summed E-state index contributed by atoms with van der Waals surface area (Å²) in [6.45, 7) is 7.37. The Kier molecular flexibility index (Phi) is 10.4. The van der Waals surface area contributed by atoms with Gasteiger partial charge in [0, 0.05) is 45.9 Å². The molecule has 0 atom stereocenters.